The van der Waals surface area contributed by atoms with Gasteiger partial charge in [0.1, 0.15) is 0 Å². The zero-order valence-electron chi connectivity index (χ0n) is 8.71. The second-order valence-electron chi connectivity index (χ2n) is 2.52. The van der Waals surface area contributed by atoms with Crippen LogP contribution in [-0.2, 0) is 0 Å². The normalized spacial score (nSPS) is 9.43. The maximum atomic E-state index is 8.15. The Bertz CT molecular complexity index is 67.7. The van der Waals surface area contributed by atoms with Crippen LogP contribution in [0.3, 0.4) is 0 Å². The van der Waals surface area contributed by atoms with Gasteiger partial charge >= 0.3 is 0 Å². The number of aliphatic hydroxyl groups is 2. The Morgan fingerprint density at radius 2 is 1.07 bits per heavy atom. The topological polar surface area (TPSA) is 117 Å². The Kier molecular flexibility index (Phi) is 21.4. The summed E-state index contributed by atoms with van der Waals surface area (Å²) >= 11 is 0. The quantitative estimate of drug-likeness (QED) is 0.238. The van der Waals surface area contributed by atoms with E-state index in [0.29, 0.717) is 26.2 Å². The van der Waals surface area contributed by atoms with E-state index in [9.17, 15) is 0 Å². The summed E-state index contributed by atoms with van der Waals surface area (Å²) in [7, 11) is 0. The van der Waals surface area contributed by atoms with Gasteiger partial charge in [0, 0.05) is 39.3 Å². The number of hydrogen-bond donors (Lipinski definition) is 6. The highest BCUT2D eigenvalue weighted by Crippen LogP contribution is 1.54. The molecule has 8 N–H and O–H groups in total. The molecule has 0 rings (SSSR count). The molecular formula is C8H24N4O2. The molecule has 0 heterocycles. The molecule has 0 unspecified atom stereocenters. The van der Waals surface area contributed by atoms with Gasteiger partial charge in [-0.05, 0) is 0 Å². The highest BCUT2D eigenvalue weighted by atomic mass is 16.3. The lowest BCUT2D eigenvalue weighted by Crippen LogP contribution is -2.27. The number of aliphatic hydroxyl groups excluding tert-OH is 2. The van der Waals surface area contributed by atoms with Crippen LogP contribution in [0, 0.1) is 0 Å². The number of nitrogens with two attached hydrogens (primary N) is 2. The maximum absolute atomic E-state index is 8.15. The van der Waals surface area contributed by atoms with Crippen molar-refractivity contribution in [3.05, 3.63) is 0 Å². The van der Waals surface area contributed by atoms with Crippen LogP contribution in [0.1, 0.15) is 0 Å². The molecule has 0 saturated carbocycles. The van der Waals surface area contributed by atoms with Gasteiger partial charge in [-0.15, -0.1) is 0 Å². The van der Waals surface area contributed by atoms with Crippen LogP contribution in [0.25, 0.3) is 0 Å². The summed E-state index contributed by atoms with van der Waals surface area (Å²) in [6.07, 6.45) is 0. The number of nitrogens with one attached hydrogen (secondary N) is 2. The average molecular weight is 208 g/mol. The molecule has 0 atom stereocenters. The minimum Gasteiger partial charge on any atom is -0.395 e. The van der Waals surface area contributed by atoms with E-state index in [-0.39, 0.29) is 13.2 Å². The van der Waals surface area contributed by atoms with Crippen molar-refractivity contribution >= 4 is 0 Å². The van der Waals surface area contributed by atoms with Gasteiger partial charge in [-0.2, -0.15) is 0 Å². The minimum absolute atomic E-state index is 0.139. The molecule has 0 aromatic rings. The average Bonchev–Trinajstić information content (AvgIpc) is 2.21. The van der Waals surface area contributed by atoms with Gasteiger partial charge in [-0.1, -0.05) is 0 Å². The van der Waals surface area contributed by atoms with Crippen LogP contribution < -0.4 is 22.1 Å². The van der Waals surface area contributed by atoms with Gasteiger partial charge in [0.25, 0.3) is 0 Å². The van der Waals surface area contributed by atoms with Gasteiger partial charge in [-0.25, -0.2) is 0 Å². The highest BCUT2D eigenvalue weighted by Gasteiger charge is 1.78. The summed E-state index contributed by atoms with van der Waals surface area (Å²) in [6, 6.07) is 0. The molecular weight excluding hydrogens is 184 g/mol. The first kappa shape index (κ1) is 16.2. The van der Waals surface area contributed by atoms with Crippen molar-refractivity contribution in [3.63, 3.8) is 0 Å². The van der Waals surface area contributed by atoms with Crippen LogP contribution in [0.15, 0.2) is 0 Å². The summed E-state index contributed by atoms with van der Waals surface area (Å²) in [5, 5.41) is 22.1. The first-order valence-electron chi connectivity index (χ1n) is 4.86. The van der Waals surface area contributed by atoms with E-state index in [1.807, 2.05) is 0 Å². The molecule has 0 bridgehead atoms. The van der Waals surface area contributed by atoms with Gasteiger partial charge in [0.2, 0.25) is 0 Å². The molecule has 88 valence electrons. The third-order valence-electron chi connectivity index (χ3n) is 1.22. The van der Waals surface area contributed by atoms with Crippen LogP contribution in [0.4, 0.5) is 0 Å². The maximum Gasteiger partial charge on any atom is 0.0555 e. The lowest BCUT2D eigenvalue weighted by molar-refractivity contribution is 0.267. The zero-order chi connectivity index (χ0) is 11.1. The molecule has 0 fully saturated rings. The highest BCUT2D eigenvalue weighted by molar-refractivity contribution is 4.45. The summed E-state index contributed by atoms with van der Waals surface area (Å²) < 4.78 is 0. The lowest BCUT2D eigenvalue weighted by Gasteiger charge is -1.95. The zero-order valence-corrected chi connectivity index (χ0v) is 8.71. The Morgan fingerprint density at radius 3 is 1.36 bits per heavy atom. The number of hydrogen-bond acceptors (Lipinski definition) is 6. The van der Waals surface area contributed by atoms with E-state index in [1.165, 1.54) is 0 Å². The lowest BCUT2D eigenvalue weighted by atomic mass is 10.6. The van der Waals surface area contributed by atoms with Crippen molar-refractivity contribution in [2.75, 3.05) is 52.5 Å². The van der Waals surface area contributed by atoms with Crippen LogP contribution in [-0.4, -0.2) is 62.7 Å². The van der Waals surface area contributed by atoms with E-state index in [2.05, 4.69) is 10.6 Å². The molecule has 6 nitrogen and oxygen atoms in total. The SMILES string of the molecule is NCCNCCN.OCCNCCO. The van der Waals surface area contributed by atoms with E-state index in [0.717, 1.165) is 13.1 Å². The smallest absolute Gasteiger partial charge is 0.0555 e. The fourth-order valence-corrected chi connectivity index (χ4v) is 0.612. The van der Waals surface area contributed by atoms with Gasteiger partial charge in [0.15, 0.2) is 0 Å². The van der Waals surface area contributed by atoms with E-state index in [4.69, 9.17) is 21.7 Å². The van der Waals surface area contributed by atoms with Crippen molar-refractivity contribution < 1.29 is 10.2 Å². The van der Waals surface area contributed by atoms with Gasteiger partial charge in [-0.3, -0.25) is 0 Å². The molecule has 0 aliphatic rings. The third-order valence-corrected chi connectivity index (χ3v) is 1.22. The standard InChI is InChI=1S/C4H13N3.C4H11NO2/c5-1-3-7-4-2-6;6-3-1-5-2-4-7/h7H,1-6H2;5-7H,1-4H2. The van der Waals surface area contributed by atoms with Gasteiger partial charge < -0.3 is 32.3 Å². The van der Waals surface area contributed by atoms with Crippen LogP contribution in [0.5, 0.6) is 0 Å². The third kappa shape index (κ3) is 22.6. The molecule has 0 aliphatic heterocycles. The summed E-state index contributed by atoms with van der Waals surface area (Å²) in [4.78, 5) is 0. The Labute approximate surface area is 85.7 Å². The summed E-state index contributed by atoms with van der Waals surface area (Å²) in [5.41, 5.74) is 10.3. The Hall–Kier alpha value is -0.240. The monoisotopic (exact) mass is 208 g/mol. The van der Waals surface area contributed by atoms with Gasteiger partial charge in [0.05, 0.1) is 13.2 Å². The van der Waals surface area contributed by atoms with Crippen molar-refractivity contribution in [2.24, 2.45) is 11.5 Å². The van der Waals surface area contributed by atoms with Crippen LogP contribution >= 0.6 is 0 Å². The van der Waals surface area contributed by atoms with Crippen molar-refractivity contribution in [3.8, 4) is 0 Å². The summed E-state index contributed by atoms with van der Waals surface area (Å²) in [5.74, 6) is 0. The first-order valence-corrected chi connectivity index (χ1v) is 4.86. The Balaban J connectivity index is 0. The predicted molar refractivity (Wildman–Crippen MR) is 58.0 cm³/mol. The molecule has 0 radical (unpaired) electrons. The van der Waals surface area contributed by atoms with E-state index >= 15 is 0 Å². The van der Waals surface area contributed by atoms with Crippen LogP contribution in [0.2, 0.25) is 0 Å². The predicted octanol–water partition coefficient (Wildman–Crippen LogP) is -2.95. The fourth-order valence-electron chi connectivity index (χ4n) is 0.612. The molecule has 0 aromatic carbocycles. The van der Waals surface area contributed by atoms with E-state index in [1.54, 1.807) is 0 Å². The second-order valence-corrected chi connectivity index (χ2v) is 2.52. The molecule has 0 aromatic heterocycles. The molecule has 0 amide bonds. The van der Waals surface area contributed by atoms with Crippen molar-refractivity contribution in [1.82, 2.24) is 10.6 Å². The largest absolute Gasteiger partial charge is 0.395 e. The molecule has 0 saturated heterocycles. The second kappa shape index (κ2) is 18.5. The first-order chi connectivity index (χ1) is 6.83. The molecule has 0 spiro atoms. The molecule has 14 heavy (non-hydrogen) atoms. The Morgan fingerprint density at radius 1 is 0.714 bits per heavy atom. The summed E-state index contributed by atoms with van der Waals surface area (Å²) in [6.45, 7) is 4.55. The van der Waals surface area contributed by atoms with E-state index < -0.39 is 0 Å². The minimum atomic E-state index is 0.139. The fraction of sp³-hybridized carbons (Fsp3) is 1.00. The molecule has 6 heteroatoms. The molecule has 0 aliphatic carbocycles. The van der Waals surface area contributed by atoms with Crippen molar-refractivity contribution in [2.45, 2.75) is 0 Å². The number of rotatable bonds is 8. The van der Waals surface area contributed by atoms with Crippen molar-refractivity contribution in [1.29, 1.82) is 0 Å².